The van der Waals surface area contributed by atoms with Crippen LogP contribution in [-0.4, -0.2) is 12.4 Å². The van der Waals surface area contributed by atoms with Gasteiger partial charge in [0.05, 0.1) is 14.9 Å². The van der Waals surface area contributed by atoms with Crippen LogP contribution in [0.3, 0.4) is 0 Å². The van der Waals surface area contributed by atoms with Gasteiger partial charge in [0.2, 0.25) is 0 Å². The van der Waals surface area contributed by atoms with Crippen LogP contribution in [0, 0.1) is 5.92 Å². The number of benzene rings is 1. The van der Waals surface area contributed by atoms with Crippen molar-refractivity contribution in [2.45, 2.75) is 17.2 Å². The normalized spacial score (nSPS) is 14.8. The topological polar surface area (TPSA) is 0 Å². The molecule has 0 aliphatic rings. The van der Waals surface area contributed by atoms with Gasteiger partial charge in [0.15, 0.2) is 5.92 Å². The Morgan fingerprint density at radius 2 is 1.37 bits per heavy atom. The van der Waals surface area contributed by atoms with E-state index in [9.17, 15) is 26.3 Å². The molecule has 0 amide bonds. The highest BCUT2D eigenvalue weighted by molar-refractivity contribution is 9.09. The van der Waals surface area contributed by atoms with Crippen molar-refractivity contribution in [3.63, 3.8) is 0 Å². The van der Waals surface area contributed by atoms with Crippen molar-refractivity contribution in [1.82, 2.24) is 0 Å². The molecule has 0 N–H and O–H groups in total. The van der Waals surface area contributed by atoms with Crippen molar-refractivity contribution >= 4 is 39.1 Å². The van der Waals surface area contributed by atoms with Gasteiger partial charge < -0.3 is 0 Å². The summed E-state index contributed by atoms with van der Waals surface area (Å²) < 4.78 is 75.1. The first-order valence-corrected chi connectivity index (χ1v) is 6.34. The summed E-state index contributed by atoms with van der Waals surface area (Å²) in [7, 11) is 0. The van der Waals surface area contributed by atoms with Crippen LogP contribution < -0.4 is 0 Å². The zero-order valence-corrected chi connectivity index (χ0v) is 11.9. The molecular formula is C10H5BrCl2F6. The van der Waals surface area contributed by atoms with Gasteiger partial charge in [-0.3, -0.25) is 0 Å². The predicted molar refractivity (Wildman–Crippen MR) is 63.7 cm³/mol. The summed E-state index contributed by atoms with van der Waals surface area (Å²) in [4.78, 5) is -2.00. The highest BCUT2D eigenvalue weighted by Crippen LogP contribution is 2.50. The first-order chi connectivity index (χ1) is 8.44. The Morgan fingerprint density at radius 3 is 1.74 bits per heavy atom. The van der Waals surface area contributed by atoms with E-state index < -0.39 is 23.1 Å². The fourth-order valence-corrected chi connectivity index (χ4v) is 2.58. The second kappa shape index (κ2) is 5.69. The first kappa shape index (κ1) is 16.9. The summed E-state index contributed by atoms with van der Waals surface area (Å²) in [6.45, 7) is 0. The van der Waals surface area contributed by atoms with Gasteiger partial charge in [0, 0.05) is 0 Å². The third-order valence-electron chi connectivity index (χ3n) is 2.26. The largest absolute Gasteiger partial charge is 0.401 e. The third-order valence-corrected chi connectivity index (χ3v) is 4.06. The van der Waals surface area contributed by atoms with Crippen LogP contribution >= 0.6 is 39.1 Å². The van der Waals surface area contributed by atoms with E-state index in [0.29, 0.717) is 0 Å². The van der Waals surface area contributed by atoms with Crippen LogP contribution in [0.5, 0.6) is 0 Å². The maximum absolute atomic E-state index is 12.5. The Labute approximate surface area is 122 Å². The molecule has 9 heteroatoms. The van der Waals surface area contributed by atoms with Gasteiger partial charge in [-0.05, 0) is 17.7 Å². The highest BCUT2D eigenvalue weighted by atomic mass is 79.9. The number of hydrogen-bond acceptors (Lipinski definition) is 0. The molecule has 0 radical (unpaired) electrons. The second-order valence-electron chi connectivity index (χ2n) is 3.64. The summed E-state index contributed by atoms with van der Waals surface area (Å²) in [5, 5.41) is -0.0765. The summed E-state index contributed by atoms with van der Waals surface area (Å²) in [6, 6.07) is 3.16. The lowest BCUT2D eigenvalue weighted by molar-refractivity contribution is -0.283. The molecule has 1 unspecified atom stereocenters. The zero-order chi connectivity index (χ0) is 15.0. The van der Waals surface area contributed by atoms with Crippen LogP contribution in [0.25, 0.3) is 0 Å². The van der Waals surface area contributed by atoms with Gasteiger partial charge in [-0.25, -0.2) is 0 Å². The Morgan fingerprint density at radius 1 is 0.895 bits per heavy atom. The van der Waals surface area contributed by atoms with E-state index in [-0.39, 0.29) is 15.6 Å². The van der Waals surface area contributed by atoms with E-state index in [2.05, 4.69) is 15.9 Å². The molecule has 108 valence electrons. The Balaban J connectivity index is 3.20. The fourth-order valence-electron chi connectivity index (χ4n) is 1.39. The highest BCUT2D eigenvalue weighted by Gasteiger charge is 2.60. The van der Waals surface area contributed by atoms with E-state index in [0.717, 1.165) is 18.2 Å². The molecule has 19 heavy (non-hydrogen) atoms. The van der Waals surface area contributed by atoms with Crippen molar-refractivity contribution in [2.24, 2.45) is 5.92 Å². The van der Waals surface area contributed by atoms with Gasteiger partial charge in [0.25, 0.3) is 0 Å². The molecule has 0 aromatic heterocycles. The smallest absolute Gasteiger partial charge is 0.170 e. The van der Waals surface area contributed by atoms with Gasteiger partial charge >= 0.3 is 12.4 Å². The Hall–Kier alpha value is -0.140. The predicted octanol–water partition coefficient (Wildman–Crippen LogP) is 6.17. The molecule has 0 aliphatic carbocycles. The van der Waals surface area contributed by atoms with E-state index in [1.807, 2.05) is 0 Å². The van der Waals surface area contributed by atoms with Gasteiger partial charge in [0.1, 0.15) is 0 Å². The van der Waals surface area contributed by atoms with Gasteiger partial charge in [-0.1, -0.05) is 45.2 Å². The number of alkyl halides is 7. The van der Waals surface area contributed by atoms with Crippen molar-refractivity contribution < 1.29 is 26.3 Å². The van der Waals surface area contributed by atoms with Crippen molar-refractivity contribution in [2.75, 3.05) is 0 Å². The average molecular weight is 390 g/mol. The van der Waals surface area contributed by atoms with E-state index in [1.165, 1.54) is 0 Å². The van der Waals surface area contributed by atoms with Crippen molar-refractivity contribution in [1.29, 1.82) is 0 Å². The van der Waals surface area contributed by atoms with Crippen LogP contribution in [-0.2, 0) is 0 Å². The van der Waals surface area contributed by atoms with Crippen LogP contribution in [0.2, 0.25) is 10.0 Å². The molecule has 0 fully saturated rings. The lowest BCUT2D eigenvalue weighted by Crippen LogP contribution is -2.39. The van der Waals surface area contributed by atoms with Crippen LogP contribution in [0.4, 0.5) is 26.3 Å². The Kier molecular flexibility index (Phi) is 5.07. The van der Waals surface area contributed by atoms with Gasteiger partial charge in [-0.2, -0.15) is 26.3 Å². The lowest BCUT2D eigenvalue weighted by atomic mass is 9.98. The summed E-state index contributed by atoms with van der Waals surface area (Å²) >= 11 is 13.6. The maximum atomic E-state index is 12.5. The molecule has 0 aliphatic heterocycles. The lowest BCUT2D eigenvalue weighted by Gasteiger charge is -2.27. The summed E-state index contributed by atoms with van der Waals surface area (Å²) in [5.74, 6) is -3.53. The minimum absolute atomic E-state index is 0.0423. The second-order valence-corrected chi connectivity index (χ2v) is 5.44. The molecule has 1 aromatic carbocycles. The molecular weight excluding hydrogens is 385 g/mol. The molecule has 0 heterocycles. The molecule has 1 aromatic rings. The number of rotatable bonds is 2. The fraction of sp³-hybridized carbons (Fsp3) is 0.400. The number of halogens is 9. The Bertz CT molecular complexity index is 442. The van der Waals surface area contributed by atoms with Crippen molar-refractivity contribution in [3.05, 3.63) is 33.8 Å². The molecule has 0 saturated carbocycles. The maximum Gasteiger partial charge on any atom is 0.401 e. The third kappa shape index (κ3) is 4.16. The van der Waals surface area contributed by atoms with Crippen LogP contribution in [0.15, 0.2) is 18.2 Å². The van der Waals surface area contributed by atoms with Crippen LogP contribution in [0.1, 0.15) is 10.4 Å². The minimum Gasteiger partial charge on any atom is -0.170 e. The molecule has 0 nitrogen and oxygen atoms in total. The van der Waals surface area contributed by atoms with E-state index in [1.54, 1.807) is 0 Å². The standard InChI is InChI=1S/C10H5BrCl2F6/c11-7(4-1-2-5(12)6(13)3-4)8(9(14,15)16)10(17,18)19/h1-3,7-8H. The monoisotopic (exact) mass is 388 g/mol. The first-order valence-electron chi connectivity index (χ1n) is 4.67. The molecule has 0 saturated heterocycles. The molecule has 0 spiro atoms. The van der Waals surface area contributed by atoms with E-state index in [4.69, 9.17) is 23.2 Å². The molecule has 1 atom stereocenters. The SMILES string of the molecule is FC(F)(F)C(C(Br)c1ccc(Cl)c(Cl)c1)C(F)(F)F. The summed E-state index contributed by atoms with van der Waals surface area (Å²) in [5.41, 5.74) is -0.256. The van der Waals surface area contributed by atoms with Gasteiger partial charge in [-0.15, -0.1) is 0 Å². The van der Waals surface area contributed by atoms with Crippen molar-refractivity contribution in [3.8, 4) is 0 Å². The molecule has 1 rings (SSSR count). The average Bonchev–Trinajstić information content (AvgIpc) is 2.17. The zero-order valence-electron chi connectivity index (χ0n) is 8.79. The minimum atomic E-state index is -5.43. The molecule has 0 bridgehead atoms. The van der Waals surface area contributed by atoms with E-state index >= 15 is 0 Å². The summed E-state index contributed by atoms with van der Waals surface area (Å²) in [6.07, 6.45) is -10.9. The quantitative estimate of drug-likeness (QED) is 0.419. The number of hydrogen-bond donors (Lipinski definition) is 0.